The summed E-state index contributed by atoms with van der Waals surface area (Å²) in [5.74, 6) is 0. The van der Waals surface area contributed by atoms with E-state index in [4.69, 9.17) is 0 Å². The van der Waals surface area contributed by atoms with Gasteiger partial charge in [0.05, 0.1) is 12.0 Å². The summed E-state index contributed by atoms with van der Waals surface area (Å²) in [4.78, 5) is 18.5. The van der Waals surface area contributed by atoms with E-state index >= 15 is 0 Å². The Kier molecular flexibility index (Phi) is 2.43. The number of nitriles is 1. The second-order valence-electron chi connectivity index (χ2n) is 4.19. The fourth-order valence-corrected chi connectivity index (χ4v) is 2.32. The van der Waals surface area contributed by atoms with Gasteiger partial charge in [0.25, 0.3) is 5.56 Å². The summed E-state index contributed by atoms with van der Waals surface area (Å²) >= 11 is 0. The Morgan fingerprint density at radius 3 is 2.74 bits per heavy atom. The van der Waals surface area contributed by atoms with Gasteiger partial charge in [-0.3, -0.25) is 4.79 Å². The first-order valence-corrected chi connectivity index (χ1v) is 5.75. The molecule has 0 spiro atoms. The molecular formula is C14H10N4O. The molecule has 0 atom stereocenters. The molecule has 0 unspecified atom stereocenters. The Morgan fingerprint density at radius 1 is 1.32 bits per heavy atom. The summed E-state index contributed by atoms with van der Waals surface area (Å²) < 4.78 is 1.72. The van der Waals surface area contributed by atoms with Crippen LogP contribution in [0.3, 0.4) is 0 Å². The largest absolute Gasteiger partial charge is 0.337 e. The molecule has 1 N–H and O–H groups in total. The van der Waals surface area contributed by atoms with Crippen LogP contribution in [0.4, 0.5) is 0 Å². The number of rotatable bonds is 1. The van der Waals surface area contributed by atoms with Crippen molar-refractivity contribution < 1.29 is 0 Å². The second kappa shape index (κ2) is 4.10. The number of hydrogen-bond acceptors (Lipinski definition) is 3. The van der Waals surface area contributed by atoms with Gasteiger partial charge >= 0.3 is 0 Å². The third-order valence-electron chi connectivity index (χ3n) is 3.13. The van der Waals surface area contributed by atoms with Crippen LogP contribution >= 0.6 is 0 Å². The minimum Gasteiger partial charge on any atom is -0.337 e. The number of aryl methyl sites for hydroxylation is 1. The molecule has 5 heteroatoms. The molecular weight excluding hydrogens is 240 g/mol. The van der Waals surface area contributed by atoms with Crippen LogP contribution in [0, 0.1) is 11.3 Å². The van der Waals surface area contributed by atoms with Crippen molar-refractivity contribution in [3.63, 3.8) is 0 Å². The number of aromatic amines is 1. The molecule has 3 aromatic rings. The van der Waals surface area contributed by atoms with Crippen LogP contribution in [-0.4, -0.2) is 14.5 Å². The van der Waals surface area contributed by atoms with Crippen molar-refractivity contribution >= 4 is 11.0 Å². The van der Waals surface area contributed by atoms with E-state index < -0.39 is 0 Å². The van der Waals surface area contributed by atoms with E-state index in [-0.39, 0.29) is 5.56 Å². The normalized spacial score (nSPS) is 10.5. The lowest BCUT2D eigenvalue weighted by Crippen LogP contribution is -2.09. The second-order valence-corrected chi connectivity index (χ2v) is 4.19. The van der Waals surface area contributed by atoms with Crippen molar-refractivity contribution in [1.29, 1.82) is 5.26 Å². The number of fused-ring (bicyclic) bond motifs is 1. The van der Waals surface area contributed by atoms with Crippen molar-refractivity contribution in [2.24, 2.45) is 7.05 Å². The first-order valence-electron chi connectivity index (χ1n) is 5.75. The lowest BCUT2D eigenvalue weighted by atomic mass is 10.1. The Labute approximate surface area is 108 Å². The quantitative estimate of drug-likeness (QED) is 0.715. The van der Waals surface area contributed by atoms with Gasteiger partial charge in [0.15, 0.2) is 0 Å². The highest BCUT2D eigenvalue weighted by molar-refractivity contribution is 5.90. The van der Waals surface area contributed by atoms with Crippen molar-refractivity contribution in [3.05, 3.63) is 52.6 Å². The summed E-state index contributed by atoms with van der Waals surface area (Å²) in [5.41, 5.74) is 2.63. The van der Waals surface area contributed by atoms with Gasteiger partial charge in [0.1, 0.15) is 22.7 Å². The molecule has 0 amide bonds. The number of H-pyrrole nitrogens is 1. The van der Waals surface area contributed by atoms with Gasteiger partial charge < -0.3 is 9.55 Å². The first-order chi connectivity index (χ1) is 9.24. The molecule has 0 aliphatic carbocycles. The third kappa shape index (κ3) is 1.54. The standard InChI is InChI=1S/C14H10N4O/c1-18-12(9-5-3-2-4-6-9)10(7-15)11-13(18)14(19)17-8-16-11/h2-6,8H,1H3,(H,16,17,19). The maximum atomic E-state index is 11.9. The Balaban J connectivity index is 2.51. The van der Waals surface area contributed by atoms with E-state index in [1.807, 2.05) is 30.3 Å². The monoisotopic (exact) mass is 250 g/mol. The van der Waals surface area contributed by atoms with Crippen LogP contribution in [0.25, 0.3) is 22.3 Å². The van der Waals surface area contributed by atoms with Crippen LogP contribution in [0.2, 0.25) is 0 Å². The molecule has 0 aliphatic rings. The molecule has 19 heavy (non-hydrogen) atoms. The number of aromatic nitrogens is 3. The van der Waals surface area contributed by atoms with Crippen LogP contribution in [-0.2, 0) is 7.05 Å². The van der Waals surface area contributed by atoms with Gasteiger partial charge in [0.2, 0.25) is 0 Å². The van der Waals surface area contributed by atoms with Gasteiger partial charge in [-0.2, -0.15) is 5.26 Å². The highest BCUT2D eigenvalue weighted by Crippen LogP contribution is 2.29. The highest BCUT2D eigenvalue weighted by Gasteiger charge is 2.19. The van der Waals surface area contributed by atoms with Crippen LogP contribution < -0.4 is 5.56 Å². The summed E-state index contributed by atoms with van der Waals surface area (Å²) in [7, 11) is 1.77. The van der Waals surface area contributed by atoms with E-state index in [1.165, 1.54) is 6.33 Å². The minimum atomic E-state index is -0.244. The Hall–Kier alpha value is -2.87. The van der Waals surface area contributed by atoms with E-state index in [9.17, 15) is 10.1 Å². The molecule has 0 saturated carbocycles. The average molecular weight is 250 g/mol. The Bertz CT molecular complexity index is 853. The summed E-state index contributed by atoms with van der Waals surface area (Å²) in [6, 6.07) is 11.7. The highest BCUT2D eigenvalue weighted by atomic mass is 16.1. The molecule has 0 aliphatic heterocycles. The van der Waals surface area contributed by atoms with Gasteiger partial charge in [0, 0.05) is 7.05 Å². The van der Waals surface area contributed by atoms with E-state index in [1.54, 1.807) is 11.6 Å². The van der Waals surface area contributed by atoms with E-state index in [2.05, 4.69) is 16.0 Å². The van der Waals surface area contributed by atoms with Crippen molar-refractivity contribution in [2.45, 2.75) is 0 Å². The molecule has 3 rings (SSSR count). The van der Waals surface area contributed by atoms with Crippen molar-refractivity contribution in [3.8, 4) is 17.3 Å². The summed E-state index contributed by atoms with van der Waals surface area (Å²) in [6.45, 7) is 0. The molecule has 1 aromatic carbocycles. The SMILES string of the molecule is Cn1c(-c2ccccc2)c(C#N)c2nc[nH]c(=O)c21. The average Bonchev–Trinajstić information content (AvgIpc) is 2.73. The van der Waals surface area contributed by atoms with Crippen molar-refractivity contribution in [1.82, 2.24) is 14.5 Å². The predicted molar refractivity (Wildman–Crippen MR) is 71.5 cm³/mol. The number of hydrogen-bond donors (Lipinski definition) is 1. The molecule has 0 bridgehead atoms. The van der Waals surface area contributed by atoms with Crippen LogP contribution in [0.15, 0.2) is 41.5 Å². The molecule has 5 nitrogen and oxygen atoms in total. The summed E-state index contributed by atoms with van der Waals surface area (Å²) in [5, 5.41) is 9.37. The van der Waals surface area contributed by atoms with E-state index in [0.29, 0.717) is 22.3 Å². The molecule has 0 saturated heterocycles. The predicted octanol–water partition coefficient (Wildman–Crippen LogP) is 1.80. The number of nitrogens with one attached hydrogen (secondary N) is 1. The zero-order valence-electron chi connectivity index (χ0n) is 10.2. The molecule has 2 aromatic heterocycles. The summed E-state index contributed by atoms with van der Waals surface area (Å²) in [6.07, 6.45) is 1.32. The van der Waals surface area contributed by atoms with Gasteiger partial charge in [-0.15, -0.1) is 0 Å². The molecule has 0 radical (unpaired) electrons. The third-order valence-corrected chi connectivity index (χ3v) is 3.13. The fourth-order valence-electron chi connectivity index (χ4n) is 2.32. The lowest BCUT2D eigenvalue weighted by molar-refractivity contribution is 0.961. The Morgan fingerprint density at radius 2 is 2.05 bits per heavy atom. The van der Waals surface area contributed by atoms with Gasteiger partial charge in [-0.25, -0.2) is 4.98 Å². The van der Waals surface area contributed by atoms with Crippen molar-refractivity contribution in [2.75, 3.05) is 0 Å². The van der Waals surface area contributed by atoms with Crippen LogP contribution in [0.1, 0.15) is 5.56 Å². The minimum absolute atomic E-state index is 0.244. The van der Waals surface area contributed by atoms with E-state index in [0.717, 1.165) is 5.56 Å². The number of benzene rings is 1. The van der Waals surface area contributed by atoms with Gasteiger partial charge in [-0.05, 0) is 5.56 Å². The maximum Gasteiger partial charge on any atom is 0.275 e. The number of nitrogens with zero attached hydrogens (tertiary/aromatic N) is 3. The maximum absolute atomic E-state index is 11.9. The molecule has 0 fully saturated rings. The molecule has 92 valence electrons. The van der Waals surface area contributed by atoms with Crippen LogP contribution in [0.5, 0.6) is 0 Å². The first kappa shape index (κ1) is 11.2. The topological polar surface area (TPSA) is 74.5 Å². The van der Waals surface area contributed by atoms with Gasteiger partial charge in [-0.1, -0.05) is 30.3 Å². The smallest absolute Gasteiger partial charge is 0.275 e. The molecule has 2 heterocycles. The zero-order chi connectivity index (χ0) is 13.4. The zero-order valence-corrected chi connectivity index (χ0v) is 10.2. The fraction of sp³-hybridized carbons (Fsp3) is 0.0714. The lowest BCUT2D eigenvalue weighted by Gasteiger charge is -2.03.